The van der Waals surface area contributed by atoms with Gasteiger partial charge in [0.25, 0.3) is 5.91 Å². The highest BCUT2D eigenvalue weighted by molar-refractivity contribution is 5.77. The number of nitrogens with one attached hydrogen (secondary N) is 1. The van der Waals surface area contributed by atoms with Gasteiger partial charge < -0.3 is 15.8 Å². The summed E-state index contributed by atoms with van der Waals surface area (Å²) >= 11 is 0. The molecule has 0 saturated heterocycles. The van der Waals surface area contributed by atoms with Crippen LogP contribution in [0.3, 0.4) is 0 Å². The Kier molecular flexibility index (Phi) is 4.74. The molecule has 16 heavy (non-hydrogen) atoms. The van der Waals surface area contributed by atoms with Crippen molar-refractivity contribution in [2.24, 2.45) is 0 Å². The minimum Gasteiger partial charge on any atom is -0.484 e. The van der Waals surface area contributed by atoms with E-state index >= 15 is 0 Å². The number of anilines is 1. The number of carbonyl (C=O) groups is 1. The molecular weight excluding hydrogens is 204 g/mol. The molecule has 0 bridgehead atoms. The van der Waals surface area contributed by atoms with Crippen LogP contribution in [0.25, 0.3) is 0 Å². The van der Waals surface area contributed by atoms with Gasteiger partial charge in [0.2, 0.25) is 0 Å². The summed E-state index contributed by atoms with van der Waals surface area (Å²) in [7, 11) is 0. The molecule has 0 saturated carbocycles. The third-order valence-electron chi connectivity index (χ3n) is 1.84. The maximum Gasteiger partial charge on any atom is 0.257 e. The van der Waals surface area contributed by atoms with Crippen LogP contribution in [-0.4, -0.2) is 19.1 Å². The minimum atomic E-state index is -0.188. The van der Waals surface area contributed by atoms with Crippen LogP contribution in [0, 0.1) is 12.3 Å². The van der Waals surface area contributed by atoms with E-state index in [9.17, 15) is 4.79 Å². The molecule has 0 unspecified atom stereocenters. The first-order valence-electron chi connectivity index (χ1n) is 4.91. The lowest BCUT2D eigenvalue weighted by molar-refractivity contribution is -0.123. The van der Waals surface area contributed by atoms with Gasteiger partial charge in [0.1, 0.15) is 5.75 Å². The van der Waals surface area contributed by atoms with Crippen LogP contribution < -0.4 is 15.8 Å². The molecule has 1 aromatic rings. The first kappa shape index (κ1) is 11.9. The molecule has 84 valence electrons. The molecule has 1 rings (SSSR count). The van der Waals surface area contributed by atoms with Gasteiger partial charge in [-0.25, -0.2) is 0 Å². The Bertz CT molecular complexity index is 379. The van der Waals surface area contributed by atoms with E-state index in [4.69, 9.17) is 16.9 Å². The standard InChI is InChI=1S/C12H14N2O2/c1-2-3-8-14-12(15)9-16-11-6-4-10(13)5-7-11/h1,4-7H,3,8-9,13H2,(H,14,15). The summed E-state index contributed by atoms with van der Waals surface area (Å²) in [5.74, 6) is 2.86. The second kappa shape index (κ2) is 6.36. The lowest BCUT2D eigenvalue weighted by atomic mass is 10.3. The summed E-state index contributed by atoms with van der Waals surface area (Å²) in [6.07, 6.45) is 5.57. The number of terminal acetylenes is 1. The molecule has 0 atom stereocenters. The number of amides is 1. The van der Waals surface area contributed by atoms with Crippen LogP contribution in [0.15, 0.2) is 24.3 Å². The summed E-state index contributed by atoms with van der Waals surface area (Å²) in [4.78, 5) is 11.2. The number of hydrogen-bond donors (Lipinski definition) is 2. The molecule has 4 nitrogen and oxygen atoms in total. The number of nitrogens with two attached hydrogens (primary N) is 1. The third-order valence-corrected chi connectivity index (χ3v) is 1.84. The van der Waals surface area contributed by atoms with E-state index in [-0.39, 0.29) is 12.5 Å². The van der Waals surface area contributed by atoms with Crippen molar-refractivity contribution in [2.75, 3.05) is 18.9 Å². The number of ether oxygens (including phenoxy) is 1. The predicted molar refractivity (Wildman–Crippen MR) is 62.8 cm³/mol. The van der Waals surface area contributed by atoms with Crippen molar-refractivity contribution < 1.29 is 9.53 Å². The summed E-state index contributed by atoms with van der Waals surface area (Å²) in [5.41, 5.74) is 6.17. The van der Waals surface area contributed by atoms with Crippen LogP contribution in [-0.2, 0) is 4.79 Å². The van der Waals surface area contributed by atoms with Gasteiger partial charge in [0.05, 0.1) is 0 Å². The first-order chi connectivity index (χ1) is 7.72. The molecule has 0 fully saturated rings. The van der Waals surface area contributed by atoms with Gasteiger partial charge in [0, 0.05) is 18.7 Å². The van der Waals surface area contributed by atoms with Gasteiger partial charge >= 0.3 is 0 Å². The lowest BCUT2D eigenvalue weighted by Crippen LogP contribution is -2.29. The van der Waals surface area contributed by atoms with Gasteiger partial charge in [0.15, 0.2) is 6.61 Å². The molecule has 0 spiro atoms. The highest BCUT2D eigenvalue weighted by atomic mass is 16.5. The van der Waals surface area contributed by atoms with Crippen molar-refractivity contribution in [3.05, 3.63) is 24.3 Å². The largest absolute Gasteiger partial charge is 0.484 e. The second-order valence-electron chi connectivity index (χ2n) is 3.16. The number of rotatable bonds is 5. The molecule has 0 aromatic heterocycles. The predicted octanol–water partition coefficient (Wildman–Crippen LogP) is 0.787. The molecule has 1 aromatic carbocycles. The van der Waals surface area contributed by atoms with E-state index in [1.165, 1.54) is 0 Å². The average Bonchev–Trinajstić information content (AvgIpc) is 2.29. The van der Waals surface area contributed by atoms with Gasteiger partial charge in [-0.15, -0.1) is 12.3 Å². The van der Waals surface area contributed by atoms with E-state index < -0.39 is 0 Å². The van der Waals surface area contributed by atoms with Crippen LogP contribution in [0.2, 0.25) is 0 Å². The molecule has 0 aliphatic rings. The highest BCUT2D eigenvalue weighted by Crippen LogP contribution is 2.12. The fraction of sp³-hybridized carbons (Fsp3) is 0.250. The van der Waals surface area contributed by atoms with Crippen LogP contribution in [0.1, 0.15) is 6.42 Å². The van der Waals surface area contributed by atoms with Crippen LogP contribution in [0.4, 0.5) is 5.69 Å². The molecule has 1 amide bonds. The smallest absolute Gasteiger partial charge is 0.257 e. The zero-order chi connectivity index (χ0) is 11.8. The quantitative estimate of drug-likeness (QED) is 0.436. The van der Waals surface area contributed by atoms with E-state index in [2.05, 4.69) is 11.2 Å². The zero-order valence-electron chi connectivity index (χ0n) is 8.90. The van der Waals surface area contributed by atoms with Crippen molar-refractivity contribution in [3.63, 3.8) is 0 Å². The summed E-state index contributed by atoms with van der Waals surface area (Å²) in [6, 6.07) is 6.85. The van der Waals surface area contributed by atoms with E-state index in [1.54, 1.807) is 24.3 Å². The van der Waals surface area contributed by atoms with Gasteiger partial charge in [-0.3, -0.25) is 4.79 Å². The van der Waals surface area contributed by atoms with Crippen molar-refractivity contribution in [3.8, 4) is 18.1 Å². The Labute approximate surface area is 94.8 Å². The van der Waals surface area contributed by atoms with Gasteiger partial charge in [-0.2, -0.15) is 0 Å². The Morgan fingerprint density at radius 3 is 2.75 bits per heavy atom. The average molecular weight is 218 g/mol. The Hall–Kier alpha value is -2.15. The molecule has 4 heteroatoms. The monoisotopic (exact) mass is 218 g/mol. The molecule has 0 aliphatic carbocycles. The molecular formula is C12H14N2O2. The Morgan fingerprint density at radius 1 is 1.44 bits per heavy atom. The summed E-state index contributed by atoms with van der Waals surface area (Å²) in [6.45, 7) is 0.453. The molecule has 3 N–H and O–H groups in total. The van der Waals surface area contributed by atoms with E-state index in [0.717, 1.165) is 0 Å². The Balaban J connectivity index is 2.26. The molecule has 0 radical (unpaired) electrons. The Morgan fingerprint density at radius 2 is 2.12 bits per heavy atom. The molecule has 0 heterocycles. The van der Waals surface area contributed by atoms with E-state index in [1.807, 2.05) is 0 Å². The van der Waals surface area contributed by atoms with Crippen LogP contribution >= 0.6 is 0 Å². The normalized spacial score (nSPS) is 9.19. The topological polar surface area (TPSA) is 64.3 Å². The SMILES string of the molecule is C#CCCNC(=O)COc1ccc(N)cc1. The molecule has 0 aliphatic heterocycles. The van der Waals surface area contributed by atoms with Crippen molar-refractivity contribution in [1.82, 2.24) is 5.32 Å². The number of nitrogen functional groups attached to an aromatic ring is 1. The van der Waals surface area contributed by atoms with Crippen molar-refractivity contribution >= 4 is 11.6 Å². The highest BCUT2D eigenvalue weighted by Gasteiger charge is 2.01. The van der Waals surface area contributed by atoms with E-state index in [0.29, 0.717) is 24.4 Å². The van der Waals surface area contributed by atoms with Gasteiger partial charge in [-0.1, -0.05) is 0 Å². The fourth-order valence-electron chi connectivity index (χ4n) is 1.04. The van der Waals surface area contributed by atoms with Crippen LogP contribution in [0.5, 0.6) is 5.75 Å². The lowest BCUT2D eigenvalue weighted by Gasteiger charge is -2.06. The maximum atomic E-state index is 11.2. The number of benzene rings is 1. The van der Waals surface area contributed by atoms with Gasteiger partial charge in [-0.05, 0) is 24.3 Å². The minimum absolute atomic E-state index is 0.0194. The number of hydrogen-bond acceptors (Lipinski definition) is 3. The first-order valence-corrected chi connectivity index (χ1v) is 4.91. The third kappa shape index (κ3) is 4.38. The zero-order valence-corrected chi connectivity index (χ0v) is 8.90. The van der Waals surface area contributed by atoms with Crippen molar-refractivity contribution in [1.29, 1.82) is 0 Å². The summed E-state index contributed by atoms with van der Waals surface area (Å²) in [5, 5.41) is 2.63. The second-order valence-corrected chi connectivity index (χ2v) is 3.16. The maximum absolute atomic E-state index is 11.2. The number of carbonyl (C=O) groups excluding carboxylic acids is 1. The fourth-order valence-corrected chi connectivity index (χ4v) is 1.04. The van der Waals surface area contributed by atoms with Crippen molar-refractivity contribution in [2.45, 2.75) is 6.42 Å². The summed E-state index contributed by atoms with van der Waals surface area (Å²) < 4.78 is 5.23.